The van der Waals surface area contributed by atoms with Crippen LogP contribution in [0.5, 0.6) is 11.5 Å². The molecule has 0 aliphatic heterocycles. The van der Waals surface area contributed by atoms with E-state index in [1.54, 1.807) is 43.5 Å². The van der Waals surface area contributed by atoms with Crippen molar-refractivity contribution in [3.63, 3.8) is 0 Å². The molecule has 24 heavy (non-hydrogen) atoms. The van der Waals surface area contributed by atoms with Crippen molar-refractivity contribution in [3.05, 3.63) is 54.1 Å². The molecule has 0 spiro atoms. The van der Waals surface area contributed by atoms with Gasteiger partial charge in [0.15, 0.2) is 0 Å². The standard InChI is InChI=1S/C16H19N3O4S/c1-22-13-9-8-12(15(10-13)23-2)11-18-16(17)19-24(20,21)14-6-4-3-5-7-14/h3-10H,11H2,1-2H3,(H3,17,18,19). The monoisotopic (exact) mass is 349 g/mol. The van der Waals surface area contributed by atoms with E-state index >= 15 is 0 Å². The molecule has 0 amide bonds. The summed E-state index contributed by atoms with van der Waals surface area (Å²) in [6, 6.07) is 13.2. The summed E-state index contributed by atoms with van der Waals surface area (Å²) in [5, 5.41) is 0. The first kappa shape index (κ1) is 17.6. The summed E-state index contributed by atoms with van der Waals surface area (Å²) >= 11 is 0. The maximum Gasteiger partial charge on any atom is 0.264 e. The number of nitrogens with two attached hydrogens (primary N) is 1. The highest BCUT2D eigenvalue weighted by Crippen LogP contribution is 2.25. The third kappa shape index (κ3) is 4.39. The van der Waals surface area contributed by atoms with Gasteiger partial charge in [0.1, 0.15) is 11.5 Å². The van der Waals surface area contributed by atoms with E-state index in [1.165, 1.54) is 19.2 Å². The van der Waals surface area contributed by atoms with Crippen LogP contribution in [0.4, 0.5) is 0 Å². The second-order valence-electron chi connectivity index (χ2n) is 4.80. The topological polar surface area (TPSA) is 103 Å². The molecule has 0 fully saturated rings. The van der Waals surface area contributed by atoms with Crippen LogP contribution in [-0.4, -0.2) is 28.6 Å². The Morgan fingerprint density at radius 3 is 2.46 bits per heavy atom. The highest BCUT2D eigenvalue weighted by atomic mass is 32.2. The molecule has 2 aromatic rings. The minimum absolute atomic E-state index is 0.116. The SMILES string of the molecule is COc1ccc(CN=C(N)NS(=O)(=O)c2ccccc2)c(OC)c1. The number of nitrogens with zero attached hydrogens (tertiary/aromatic N) is 1. The lowest BCUT2D eigenvalue weighted by Crippen LogP contribution is -2.36. The van der Waals surface area contributed by atoms with Gasteiger partial charge in [-0.25, -0.2) is 18.1 Å². The van der Waals surface area contributed by atoms with Gasteiger partial charge in [-0.3, -0.25) is 0 Å². The Morgan fingerprint density at radius 2 is 1.83 bits per heavy atom. The lowest BCUT2D eigenvalue weighted by Gasteiger charge is -2.10. The van der Waals surface area contributed by atoms with Crippen LogP contribution >= 0.6 is 0 Å². The van der Waals surface area contributed by atoms with Gasteiger partial charge in [0.05, 0.1) is 25.7 Å². The van der Waals surface area contributed by atoms with E-state index < -0.39 is 10.0 Å². The Balaban J connectivity index is 2.12. The molecule has 0 saturated carbocycles. The van der Waals surface area contributed by atoms with Gasteiger partial charge in [-0.15, -0.1) is 0 Å². The lowest BCUT2D eigenvalue weighted by molar-refractivity contribution is 0.391. The van der Waals surface area contributed by atoms with Crippen molar-refractivity contribution in [1.82, 2.24) is 4.72 Å². The maximum absolute atomic E-state index is 12.1. The summed E-state index contributed by atoms with van der Waals surface area (Å²) in [7, 11) is -0.658. The van der Waals surface area contributed by atoms with Gasteiger partial charge < -0.3 is 15.2 Å². The van der Waals surface area contributed by atoms with Crippen molar-refractivity contribution < 1.29 is 17.9 Å². The Bertz CT molecular complexity index is 820. The van der Waals surface area contributed by atoms with Crippen LogP contribution in [0, 0.1) is 0 Å². The molecule has 0 heterocycles. The molecule has 0 aliphatic rings. The minimum atomic E-state index is -3.75. The predicted octanol–water partition coefficient (Wildman–Crippen LogP) is 1.50. The molecule has 0 radical (unpaired) electrons. The summed E-state index contributed by atoms with van der Waals surface area (Å²) in [6.07, 6.45) is 0. The first-order valence-corrected chi connectivity index (χ1v) is 8.53. The molecule has 3 N–H and O–H groups in total. The van der Waals surface area contributed by atoms with Crippen molar-refractivity contribution in [3.8, 4) is 11.5 Å². The van der Waals surface area contributed by atoms with Crippen LogP contribution in [0.2, 0.25) is 0 Å². The second-order valence-corrected chi connectivity index (χ2v) is 6.48. The number of guanidine groups is 1. The Labute approximate surface area is 141 Å². The zero-order valence-corrected chi connectivity index (χ0v) is 14.2. The normalized spacial score (nSPS) is 11.8. The first-order valence-electron chi connectivity index (χ1n) is 7.05. The fourth-order valence-electron chi connectivity index (χ4n) is 1.98. The molecule has 7 nitrogen and oxygen atoms in total. The second kappa shape index (κ2) is 7.69. The van der Waals surface area contributed by atoms with Crippen LogP contribution in [0.15, 0.2) is 58.4 Å². The van der Waals surface area contributed by atoms with Crippen LogP contribution in [0.3, 0.4) is 0 Å². The molecule has 2 rings (SSSR count). The molecule has 0 aliphatic carbocycles. The summed E-state index contributed by atoms with van der Waals surface area (Å²) in [5.41, 5.74) is 6.44. The average molecular weight is 349 g/mol. The Kier molecular flexibility index (Phi) is 5.64. The van der Waals surface area contributed by atoms with Gasteiger partial charge in [0, 0.05) is 11.6 Å². The van der Waals surface area contributed by atoms with E-state index in [4.69, 9.17) is 15.2 Å². The van der Waals surface area contributed by atoms with E-state index in [0.717, 1.165) is 5.56 Å². The van der Waals surface area contributed by atoms with Crippen molar-refractivity contribution >= 4 is 16.0 Å². The number of aliphatic imine (C=N–C) groups is 1. The van der Waals surface area contributed by atoms with Crippen molar-refractivity contribution in [2.75, 3.05) is 14.2 Å². The largest absolute Gasteiger partial charge is 0.497 e. The third-order valence-electron chi connectivity index (χ3n) is 3.21. The fourth-order valence-corrected chi connectivity index (χ4v) is 2.95. The van der Waals surface area contributed by atoms with Gasteiger partial charge in [-0.2, -0.15) is 0 Å². The van der Waals surface area contributed by atoms with Gasteiger partial charge in [-0.05, 0) is 24.3 Å². The summed E-state index contributed by atoms with van der Waals surface area (Å²) in [4.78, 5) is 4.17. The van der Waals surface area contributed by atoms with Crippen LogP contribution < -0.4 is 19.9 Å². The number of nitrogens with one attached hydrogen (secondary N) is 1. The Morgan fingerprint density at radius 1 is 1.12 bits per heavy atom. The number of sulfonamides is 1. The molecule has 0 atom stereocenters. The van der Waals surface area contributed by atoms with Crippen molar-refractivity contribution in [1.29, 1.82) is 0 Å². The smallest absolute Gasteiger partial charge is 0.264 e. The number of methoxy groups -OCH3 is 2. The van der Waals surface area contributed by atoms with Crippen LogP contribution in [0.25, 0.3) is 0 Å². The van der Waals surface area contributed by atoms with Gasteiger partial charge in [0.2, 0.25) is 5.96 Å². The molecule has 8 heteroatoms. The van der Waals surface area contributed by atoms with E-state index in [9.17, 15) is 8.42 Å². The molecule has 2 aromatic carbocycles. The van der Waals surface area contributed by atoms with E-state index in [0.29, 0.717) is 11.5 Å². The van der Waals surface area contributed by atoms with Gasteiger partial charge >= 0.3 is 0 Å². The van der Waals surface area contributed by atoms with Crippen molar-refractivity contribution in [2.45, 2.75) is 11.4 Å². The molecule has 0 aromatic heterocycles. The third-order valence-corrected chi connectivity index (χ3v) is 4.58. The van der Waals surface area contributed by atoms with Crippen molar-refractivity contribution in [2.24, 2.45) is 10.7 Å². The quantitative estimate of drug-likeness (QED) is 0.608. The van der Waals surface area contributed by atoms with E-state index in [2.05, 4.69) is 9.71 Å². The summed E-state index contributed by atoms with van der Waals surface area (Å²) in [5.74, 6) is 1.03. The van der Waals surface area contributed by atoms with E-state index in [-0.39, 0.29) is 17.4 Å². The lowest BCUT2D eigenvalue weighted by atomic mass is 10.2. The zero-order valence-electron chi connectivity index (χ0n) is 13.4. The molecule has 0 saturated heterocycles. The number of ether oxygens (including phenoxy) is 2. The zero-order chi connectivity index (χ0) is 17.6. The fraction of sp³-hybridized carbons (Fsp3) is 0.188. The highest BCUT2D eigenvalue weighted by molar-refractivity contribution is 7.90. The molecule has 0 bridgehead atoms. The Hall–Kier alpha value is -2.74. The molecule has 0 unspecified atom stereocenters. The van der Waals surface area contributed by atoms with Gasteiger partial charge in [-0.1, -0.05) is 18.2 Å². The molecular weight excluding hydrogens is 330 g/mol. The average Bonchev–Trinajstić information content (AvgIpc) is 2.60. The van der Waals surface area contributed by atoms with Crippen LogP contribution in [0.1, 0.15) is 5.56 Å². The first-order chi connectivity index (χ1) is 11.5. The van der Waals surface area contributed by atoms with Crippen LogP contribution in [-0.2, 0) is 16.6 Å². The number of hydrogen-bond acceptors (Lipinski definition) is 5. The number of benzene rings is 2. The summed E-state index contributed by atoms with van der Waals surface area (Å²) < 4.78 is 36.9. The molecule has 128 valence electrons. The summed E-state index contributed by atoms with van der Waals surface area (Å²) in [6.45, 7) is 0.163. The highest BCUT2D eigenvalue weighted by Gasteiger charge is 2.14. The van der Waals surface area contributed by atoms with E-state index in [1.807, 2.05) is 0 Å². The minimum Gasteiger partial charge on any atom is -0.497 e. The maximum atomic E-state index is 12.1. The predicted molar refractivity (Wildman–Crippen MR) is 91.6 cm³/mol. The molecular formula is C16H19N3O4S. The van der Waals surface area contributed by atoms with Gasteiger partial charge in [0.25, 0.3) is 10.0 Å². The number of hydrogen-bond donors (Lipinski definition) is 2. The number of rotatable bonds is 6.